The molecular weight excluding hydrogens is 434 g/mol. The van der Waals surface area contributed by atoms with Crippen LogP contribution >= 0.6 is 23.2 Å². The molecule has 1 heterocycles. The summed E-state index contributed by atoms with van der Waals surface area (Å²) in [6.45, 7) is 0. The van der Waals surface area contributed by atoms with E-state index >= 15 is 0 Å². The fraction of sp³-hybridized carbons (Fsp3) is 0.238. The van der Waals surface area contributed by atoms with Crippen LogP contribution in [0, 0.1) is 15.9 Å². The zero-order chi connectivity index (χ0) is 21.6. The maximum atomic E-state index is 14.6. The topological polar surface area (TPSA) is 80.5 Å². The number of nitro benzene ring substituents is 1. The highest BCUT2D eigenvalue weighted by Crippen LogP contribution is 2.46. The van der Waals surface area contributed by atoms with Gasteiger partial charge in [-0.1, -0.05) is 29.3 Å². The highest BCUT2D eigenvalue weighted by atomic mass is 35.5. The minimum absolute atomic E-state index is 0.0573. The van der Waals surface area contributed by atoms with Crippen LogP contribution in [0.4, 0.5) is 15.8 Å². The van der Waals surface area contributed by atoms with Crippen molar-refractivity contribution >= 4 is 46.3 Å². The second-order valence-corrected chi connectivity index (χ2v) is 7.97. The standard InChI is InChI=1S/C21H15Cl2FN2O4/c22-13-8-7-11(9-17(13)26(29)30)25-16-5-2-6-18(27)21(16)12(10-19(25)28)20-14(23)3-1-4-15(20)24/h1,3-4,7-9,12H,2,5-6,10H2. The molecule has 4 rings (SSSR count). The monoisotopic (exact) mass is 448 g/mol. The summed E-state index contributed by atoms with van der Waals surface area (Å²) in [4.78, 5) is 38.0. The van der Waals surface area contributed by atoms with E-state index in [2.05, 4.69) is 0 Å². The molecule has 0 radical (unpaired) electrons. The third-order valence-corrected chi connectivity index (χ3v) is 6.06. The Morgan fingerprint density at radius 3 is 2.57 bits per heavy atom. The van der Waals surface area contributed by atoms with Gasteiger partial charge in [0.05, 0.1) is 10.6 Å². The Morgan fingerprint density at radius 2 is 1.87 bits per heavy atom. The fourth-order valence-corrected chi connectivity index (χ4v) is 4.64. The maximum Gasteiger partial charge on any atom is 0.289 e. The summed E-state index contributed by atoms with van der Waals surface area (Å²) in [7, 11) is 0. The number of halogens is 3. The van der Waals surface area contributed by atoms with Crippen LogP contribution in [-0.2, 0) is 9.59 Å². The first-order valence-electron chi connectivity index (χ1n) is 9.26. The smallest absolute Gasteiger partial charge is 0.289 e. The molecule has 1 aliphatic carbocycles. The van der Waals surface area contributed by atoms with Crippen molar-refractivity contribution in [1.29, 1.82) is 0 Å². The van der Waals surface area contributed by atoms with Crippen molar-refractivity contribution in [2.24, 2.45) is 0 Å². The molecule has 0 bridgehead atoms. The first kappa shape index (κ1) is 20.5. The number of hydrogen-bond acceptors (Lipinski definition) is 4. The molecule has 0 saturated carbocycles. The summed E-state index contributed by atoms with van der Waals surface area (Å²) in [5, 5.41) is 11.4. The van der Waals surface area contributed by atoms with Crippen molar-refractivity contribution in [1.82, 2.24) is 0 Å². The molecule has 1 unspecified atom stereocenters. The van der Waals surface area contributed by atoms with Gasteiger partial charge in [0.25, 0.3) is 5.69 Å². The first-order chi connectivity index (χ1) is 14.3. The zero-order valence-electron chi connectivity index (χ0n) is 15.5. The van der Waals surface area contributed by atoms with E-state index in [0.717, 1.165) is 0 Å². The fourth-order valence-electron chi connectivity index (χ4n) is 4.16. The number of amides is 1. The van der Waals surface area contributed by atoms with Gasteiger partial charge in [-0.25, -0.2) is 4.39 Å². The molecule has 6 nitrogen and oxygen atoms in total. The lowest BCUT2D eigenvalue weighted by Crippen LogP contribution is -2.40. The van der Waals surface area contributed by atoms with E-state index in [4.69, 9.17) is 23.2 Å². The Bertz CT molecular complexity index is 1110. The molecule has 0 fully saturated rings. The van der Waals surface area contributed by atoms with Crippen LogP contribution in [0.3, 0.4) is 0 Å². The van der Waals surface area contributed by atoms with E-state index in [1.807, 2.05) is 0 Å². The van der Waals surface area contributed by atoms with Gasteiger partial charge in [-0.3, -0.25) is 24.6 Å². The second kappa shape index (κ2) is 7.81. The second-order valence-electron chi connectivity index (χ2n) is 7.15. The van der Waals surface area contributed by atoms with Crippen molar-refractivity contribution in [2.75, 3.05) is 4.90 Å². The summed E-state index contributed by atoms with van der Waals surface area (Å²) in [5.74, 6) is -1.96. The number of carbonyl (C=O) groups is 2. The molecule has 2 aliphatic rings. The average Bonchev–Trinajstić information content (AvgIpc) is 2.68. The van der Waals surface area contributed by atoms with Gasteiger partial charge in [-0.2, -0.15) is 0 Å². The Hall–Kier alpha value is -2.77. The van der Waals surface area contributed by atoms with E-state index in [1.165, 1.54) is 41.3 Å². The van der Waals surface area contributed by atoms with Gasteiger partial charge in [-0.15, -0.1) is 0 Å². The normalized spacial score (nSPS) is 19.2. The van der Waals surface area contributed by atoms with Gasteiger partial charge in [0.2, 0.25) is 5.91 Å². The largest absolute Gasteiger partial charge is 0.294 e. The molecule has 30 heavy (non-hydrogen) atoms. The number of anilines is 1. The summed E-state index contributed by atoms with van der Waals surface area (Å²) in [5.41, 5.74) is 0.799. The molecule has 9 heteroatoms. The van der Waals surface area contributed by atoms with Gasteiger partial charge in [-0.05, 0) is 37.1 Å². The third kappa shape index (κ3) is 3.38. The summed E-state index contributed by atoms with van der Waals surface area (Å²) >= 11 is 12.1. The highest BCUT2D eigenvalue weighted by Gasteiger charge is 2.41. The van der Waals surface area contributed by atoms with E-state index in [9.17, 15) is 24.1 Å². The van der Waals surface area contributed by atoms with Crippen LogP contribution in [0.25, 0.3) is 0 Å². The lowest BCUT2D eigenvalue weighted by Gasteiger charge is -2.38. The number of benzene rings is 2. The maximum absolute atomic E-state index is 14.6. The van der Waals surface area contributed by atoms with Crippen LogP contribution in [0.1, 0.15) is 37.2 Å². The molecule has 0 saturated heterocycles. The Balaban J connectivity index is 1.91. The average molecular weight is 449 g/mol. The van der Waals surface area contributed by atoms with Crippen molar-refractivity contribution in [3.8, 4) is 0 Å². The number of ketones is 1. The van der Waals surface area contributed by atoms with Crippen molar-refractivity contribution in [2.45, 2.75) is 31.6 Å². The van der Waals surface area contributed by atoms with Gasteiger partial charge in [0.1, 0.15) is 10.8 Å². The number of nitrogens with zero attached hydrogens (tertiary/aromatic N) is 2. The van der Waals surface area contributed by atoms with Gasteiger partial charge in [0.15, 0.2) is 5.78 Å². The van der Waals surface area contributed by atoms with E-state index in [1.54, 1.807) is 0 Å². The molecule has 0 N–H and O–H groups in total. The summed E-state index contributed by atoms with van der Waals surface area (Å²) < 4.78 is 14.6. The number of allylic oxidation sites excluding steroid dienone is 2. The molecule has 1 aliphatic heterocycles. The zero-order valence-corrected chi connectivity index (χ0v) is 17.0. The lowest BCUT2D eigenvalue weighted by molar-refractivity contribution is -0.384. The summed E-state index contributed by atoms with van der Waals surface area (Å²) in [6, 6.07) is 8.27. The minimum atomic E-state index is -0.799. The molecule has 0 aromatic heterocycles. The van der Waals surface area contributed by atoms with Gasteiger partial charge in [0, 0.05) is 46.7 Å². The van der Waals surface area contributed by atoms with E-state index in [-0.39, 0.29) is 45.6 Å². The van der Waals surface area contributed by atoms with Crippen molar-refractivity contribution in [3.63, 3.8) is 0 Å². The van der Waals surface area contributed by atoms with Crippen LogP contribution in [0.2, 0.25) is 10.0 Å². The Morgan fingerprint density at radius 1 is 1.10 bits per heavy atom. The lowest BCUT2D eigenvalue weighted by atomic mass is 9.77. The molecule has 1 amide bonds. The van der Waals surface area contributed by atoms with Crippen molar-refractivity contribution < 1.29 is 18.9 Å². The minimum Gasteiger partial charge on any atom is -0.294 e. The summed E-state index contributed by atoms with van der Waals surface area (Å²) in [6.07, 6.45) is 1.03. The van der Waals surface area contributed by atoms with Crippen LogP contribution in [-0.4, -0.2) is 16.6 Å². The Kier molecular flexibility index (Phi) is 5.34. The van der Waals surface area contributed by atoms with Gasteiger partial charge >= 0.3 is 0 Å². The van der Waals surface area contributed by atoms with Gasteiger partial charge < -0.3 is 0 Å². The van der Waals surface area contributed by atoms with Crippen LogP contribution in [0.5, 0.6) is 0 Å². The molecular formula is C21H15Cl2FN2O4. The predicted octanol–water partition coefficient (Wildman–Crippen LogP) is 5.57. The SMILES string of the molecule is O=C1CCCC2=C1C(c1c(F)cccc1Cl)CC(=O)N2c1ccc(Cl)c([N+](=O)[O-])c1. The third-order valence-electron chi connectivity index (χ3n) is 5.41. The van der Waals surface area contributed by atoms with E-state index < -0.39 is 22.6 Å². The molecule has 0 spiro atoms. The number of hydrogen-bond donors (Lipinski definition) is 0. The number of Topliss-reactive ketones (excluding diaryl/α,β-unsaturated/α-hetero) is 1. The van der Waals surface area contributed by atoms with E-state index in [0.29, 0.717) is 24.1 Å². The quantitative estimate of drug-likeness (QED) is 0.454. The Labute approximate surface area is 181 Å². The molecule has 2 aromatic rings. The molecule has 2 aromatic carbocycles. The predicted molar refractivity (Wildman–Crippen MR) is 110 cm³/mol. The van der Waals surface area contributed by atoms with Crippen LogP contribution < -0.4 is 4.90 Å². The first-order valence-corrected chi connectivity index (χ1v) is 10.0. The molecule has 154 valence electrons. The molecule has 1 atom stereocenters. The van der Waals surface area contributed by atoms with Crippen LogP contribution in [0.15, 0.2) is 47.7 Å². The highest BCUT2D eigenvalue weighted by molar-refractivity contribution is 6.33. The van der Waals surface area contributed by atoms with Crippen molar-refractivity contribution in [3.05, 3.63) is 79.2 Å². The number of nitro groups is 1. The number of rotatable bonds is 3. The number of carbonyl (C=O) groups excluding carboxylic acids is 2.